The van der Waals surface area contributed by atoms with Crippen LogP contribution >= 0.6 is 0 Å². The molecule has 0 fully saturated rings. The fraction of sp³-hybridized carbons (Fsp3) is 0.118. The quantitative estimate of drug-likeness (QED) is 0.561. The molecule has 3 N–H and O–H groups in total. The number of nitrogens with one attached hydrogen (secondary N) is 1. The van der Waals surface area contributed by atoms with Crippen molar-refractivity contribution in [3.63, 3.8) is 0 Å². The molecule has 0 aliphatic heterocycles. The highest BCUT2D eigenvalue weighted by atomic mass is 16.1. The number of para-hydroxylation sites is 1. The van der Waals surface area contributed by atoms with Crippen LogP contribution in [0.1, 0.15) is 28.4 Å². The van der Waals surface area contributed by atoms with Crippen molar-refractivity contribution in [3.05, 3.63) is 65.4 Å². The molecule has 2 aromatic carbocycles. The largest absolute Gasteiger partial charge is 0.399 e. The average molecular weight is 264 g/mol. The third-order valence-corrected chi connectivity index (χ3v) is 3.60. The van der Waals surface area contributed by atoms with Gasteiger partial charge >= 0.3 is 0 Å². The fourth-order valence-electron chi connectivity index (χ4n) is 2.49. The van der Waals surface area contributed by atoms with E-state index in [0.29, 0.717) is 16.8 Å². The number of rotatable bonds is 3. The summed E-state index contributed by atoms with van der Waals surface area (Å²) in [4.78, 5) is 15.8. The van der Waals surface area contributed by atoms with Crippen molar-refractivity contribution in [3.8, 4) is 0 Å². The number of nitrogen functional groups attached to an aromatic ring is 1. The number of hydrogen-bond donors (Lipinski definition) is 2. The first-order valence-electron chi connectivity index (χ1n) is 6.70. The number of aromatic nitrogens is 1. The Balaban J connectivity index is 2.10. The van der Waals surface area contributed by atoms with E-state index in [9.17, 15) is 4.79 Å². The second kappa shape index (κ2) is 4.85. The average Bonchev–Trinajstić information content (AvgIpc) is 2.91. The summed E-state index contributed by atoms with van der Waals surface area (Å²) in [5, 5.41) is 0.978. The summed E-state index contributed by atoms with van der Waals surface area (Å²) in [5.41, 5.74) is 9.95. The van der Waals surface area contributed by atoms with Gasteiger partial charge in [-0.3, -0.25) is 4.79 Å². The minimum absolute atomic E-state index is 0.0181. The molecule has 0 radical (unpaired) electrons. The highest BCUT2D eigenvalue weighted by molar-refractivity contribution is 6.16. The standard InChI is InChI=1S/C17H16N2O/c1-2-11-4-3-5-14-15(10-19-16(11)14)17(20)12-6-8-13(18)9-7-12/h3-10,19H,2,18H2,1H3. The minimum Gasteiger partial charge on any atom is -0.399 e. The highest BCUT2D eigenvalue weighted by Gasteiger charge is 2.15. The Kier molecular flexibility index (Phi) is 3.03. The molecule has 0 aliphatic rings. The Morgan fingerprint density at radius 3 is 2.60 bits per heavy atom. The van der Waals surface area contributed by atoms with Gasteiger partial charge in [0.2, 0.25) is 0 Å². The predicted molar refractivity (Wildman–Crippen MR) is 82.0 cm³/mol. The maximum Gasteiger partial charge on any atom is 0.195 e. The van der Waals surface area contributed by atoms with E-state index in [1.54, 1.807) is 30.5 Å². The Morgan fingerprint density at radius 2 is 1.90 bits per heavy atom. The second-order valence-corrected chi connectivity index (χ2v) is 4.85. The lowest BCUT2D eigenvalue weighted by Gasteiger charge is -2.02. The molecule has 3 aromatic rings. The van der Waals surface area contributed by atoms with Crippen LogP contribution in [-0.2, 0) is 6.42 Å². The van der Waals surface area contributed by atoms with Crippen LogP contribution in [-0.4, -0.2) is 10.8 Å². The molecule has 3 heteroatoms. The second-order valence-electron chi connectivity index (χ2n) is 4.85. The molecular formula is C17H16N2O. The Bertz CT molecular complexity index is 769. The van der Waals surface area contributed by atoms with Crippen molar-refractivity contribution in [1.29, 1.82) is 0 Å². The lowest BCUT2D eigenvalue weighted by molar-refractivity contribution is 0.104. The molecule has 0 saturated heterocycles. The number of aromatic amines is 1. The molecule has 1 aromatic heterocycles. The predicted octanol–water partition coefficient (Wildman–Crippen LogP) is 3.54. The van der Waals surface area contributed by atoms with Crippen molar-refractivity contribution in [2.45, 2.75) is 13.3 Å². The molecule has 3 rings (SSSR count). The zero-order chi connectivity index (χ0) is 14.1. The number of hydrogen-bond acceptors (Lipinski definition) is 2. The molecular weight excluding hydrogens is 248 g/mol. The van der Waals surface area contributed by atoms with Gasteiger partial charge in [-0.15, -0.1) is 0 Å². The van der Waals surface area contributed by atoms with E-state index in [2.05, 4.69) is 18.0 Å². The van der Waals surface area contributed by atoms with Crippen LogP contribution in [0, 0.1) is 0 Å². The summed E-state index contributed by atoms with van der Waals surface area (Å²) >= 11 is 0. The molecule has 1 heterocycles. The van der Waals surface area contributed by atoms with Crippen molar-refractivity contribution in [1.82, 2.24) is 4.98 Å². The van der Waals surface area contributed by atoms with Crippen molar-refractivity contribution in [2.75, 3.05) is 5.73 Å². The van der Waals surface area contributed by atoms with Crippen LogP contribution in [0.5, 0.6) is 0 Å². The van der Waals surface area contributed by atoms with Crippen molar-refractivity contribution < 1.29 is 4.79 Å². The molecule has 0 unspecified atom stereocenters. The molecule has 0 bridgehead atoms. The van der Waals surface area contributed by atoms with Crippen LogP contribution < -0.4 is 5.73 Å². The third kappa shape index (κ3) is 1.97. The van der Waals surface area contributed by atoms with Crippen LogP contribution in [0.15, 0.2) is 48.7 Å². The van der Waals surface area contributed by atoms with Gasteiger partial charge in [-0.05, 0) is 36.2 Å². The van der Waals surface area contributed by atoms with Crippen LogP contribution in [0.3, 0.4) is 0 Å². The first kappa shape index (κ1) is 12.5. The maximum absolute atomic E-state index is 12.6. The summed E-state index contributed by atoms with van der Waals surface area (Å²) in [5.74, 6) is 0.0181. The summed E-state index contributed by atoms with van der Waals surface area (Å²) in [6.07, 6.45) is 2.73. The van der Waals surface area contributed by atoms with Gasteiger partial charge in [0.25, 0.3) is 0 Å². The van der Waals surface area contributed by atoms with Gasteiger partial charge in [-0.1, -0.05) is 25.1 Å². The van der Waals surface area contributed by atoms with Gasteiger partial charge in [0.05, 0.1) is 0 Å². The number of nitrogens with two attached hydrogens (primary N) is 1. The third-order valence-electron chi connectivity index (χ3n) is 3.60. The van der Waals surface area contributed by atoms with Crippen molar-refractivity contribution >= 4 is 22.4 Å². The number of H-pyrrole nitrogens is 1. The zero-order valence-electron chi connectivity index (χ0n) is 11.3. The van der Waals surface area contributed by atoms with Crippen LogP contribution in [0.25, 0.3) is 10.9 Å². The summed E-state index contributed by atoms with van der Waals surface area (Å²) in [6.45, 7) is 2.11. The van der Waals surface area contributed by atoms with Gasteiger partial charge in [0.15, 0.2) is 5.78 Å². The molecule has 0 saturated carbocycles. The van der Waals surface area contributed by atoms with E-state index in [1.165, 1.54) is 5.56 Å². The molecule has 0 atom stereocenters. The molecule has 0 amide bonds. The normalized spacial score (nSPS) is 10.8. The number of benzene rings is 2. The van der Waals surface area contributed by atoms with Crippen molar-refractivity contribution in [2.24, 2.45) is 0 Å². The van der Waals surface area contributed by atoms with E-state index < -0.39 is 0 Å². The number of carbonyl (C=O) groups is 1. The van der Waals surface area contributed by atoms with Gasteiger partial charge in [-0.2, -0.15) is 0 Å². The van der Waals surface area contributed by atoms with Gasteiger partial charge < -0.3 is 10.7 Å². The lowest BCUT2D eigenvalue weighted by atomic mass is 10.0. The summed E-state index contributed by atoms with van der Waals surface area (Å²) in [7, 11) is 0. The molecule has 20 heavy (non-hydrogen) atoms. The fourth-order valence-corrected chi connectivity index (χ4v) is 2.49. The van der Waals surface area contributed by atoms with Crippen LogP contribution in [0.4, 0.5) is 5.69 Å². The number of anilines is 1. The number of aryl methyl sites for hydroxylation is 1. The van der Waals surface area contributed by atoms with E-state index in [-0.39, 0.29) is 5.78 Å². The monoisotopic (exact) mass is 264 g/mol. The number of ketones is 1. The first-order chi connectivity index (χ1) is 9.70. The number of fused-ring (bicyclic) bond motifs is 1. The molecule has 3 nitrogen and oxygen atoms in total. The number of carbonyl (C=O) groups excluding carboxylic acids is 1. The molecule has 100 valence electrons. The minimum atomic E-state index is 0.0181. The Morgan fingerprint density at radius 1 is 1.15 bits per heavy atom. The lowest BCUT2D eigenvalue weighted by Crippen LogP contribution is -2.00. The van der Waals surface area contributed by atoms with Gasteiger partial charge in [0, 0.05) is 33.9 Å². The summed E-state index contributed by atoms with van der Waals surface area (Å²) < 4.78 is 0. The molecule has 0 spiro atoms. The van der Waals surface area contributed by atoms with E-state index in [4.69, 9.17) is 5.73 Å². The SMILES string of the molecule is CCc1cccc2c(C(=O)c3ccc(N)cc3)c[nH]c12. The van der Waals surface area contributed by atoms with Crippen LogP contribution in [0.2, 0.25) is 0 Å². The van der Waals surface area contributed by atoms with Gasteiger partial charge in [0.1, 0.15) is 0 Å². The maximum atomic E-state index is 12.6. The molecule has 0 aliphatic carbocycles. The summed E-state index contributed by atoms with van der Waals surface area (Å²) in [6, 6.07) is 13.1. The highest BCUT2D eigenvalue weighted by Crippen LogP contribution is 2.24. The zero-order valence-corrected chi connectivity index (χ0v) is 11.3. The topological polar surface area (TPSA) is 58.9 Å². The Hall–Kier alpha value is -2.55. The first-order valence-corrected chi connectivity index (χ1v) is 6.70. The van der Waals surface area contributed by atoms with E-state index in [1.807, 2.05) is 12.1 Å². The van der Waals surface area contributed by atoms with E-state index in [0.717, 1.165) is 17.3 Å². The Labute approximate surface area is 117 Å². The smallest absolute Gasteiger partial charge is 0.195 e. The van der Waals surface area contributed by atoms with E-state index >= 15 is 0 Å². The van der Waals surface area contributed by atoms with Gasteiger partial charge in [-0.25, -0.2) is 0 Å².